The summed E-state index contributed by atoms with van der Waals surface area (Å²) in [5, 5.41) is 3.18. The third kappa shape index (κ3) is 3.01. The third-order valence-electron chi connectivity index (χ3n) is 4.54. The smallest absolute Gasteiger partial charge is 0.0959 e. The van der Waals surface area contributed by atoms with Gasteiger partial charge in [0.1, 0.15) is 0 Å². The summed E-state index contributed by atoms with van der Waals surface area (Å²) in [4.78, 5) is 0. The Morgan fingerprint density at radius 2 is 2.11 bits per heavy atom. The first-order valence-electron chi connectivity index (χ1n) is 7.55. The highest BCUT2D eigenvalue weighted by Crippen LogP contribution is 2.45. The number of ether oxygens (including phenoxy) is 1. The Hall–Kier alpha value is -0.860. The quantitative estimate of drug-likeness (QED) is 0.817. The van der Waals surface area contributed by atoms with E-state index in [0.717, 1.165) is 19.6 Å². The molecule has 1 N–H and O–H groups in total. The molecule has 0 aromatic heterocycles. The number of likely N-dealkylation sites (N-methyl/N-ethyl adjacent to an activating group) is 1. The summed E-state index contributed by atoms with van der Waals surface area (Å²) in [5.41, 5.74) is 2.69. The zero-order chi connectivity index (χ0) is 13.7. The van der Waals surface area contributed by atoms with Gasteiger partial charge in [-0.1, -0.05) is 44.0 Å². The minimum absolute atomic E-state index is 0.0690. The molecule has 1 fully saturated rings. The standard InChI is InChI=1S/C17H27NO/c1-14-8-4-5-10-16(14)17(19-13-12-18-3)11-7-6-9-15(17)2/h4-5,8,10,15,18H,6-7,9,11-13H2,1-3H3/t15-,17-/m1/s1. The van der Waals surface area contributed by atoms with Crippen LogP contribution in [-0.4, -0.2) is 20.2 Å². The molecular formula is C17H27NO. The molecule has 0 unspecified atom stereocenters. The van der Waals surface area contributed by atoms with Gasteiger partial charge < -0.3 is 10.1 Å². The van der Waals surface area contributed by atoms with Crippen molar-refractivity contribution in [2.24, 2.45) is 5.92 Å². The van der Waals surface area contributed by atoms with Gasteiger partial charge in [-0.15, -0.1) is 0 Å². The van der Waals surface area contributed by atoms with Crippen LogP contribution in [0.5, 0.6) is 0 Å². The Bertz CT molecular complexity index is 404. The number of benzene rings is 1. The summed E-state index contributed by atoms with van der Waals surface area (Å²) in [6.45, 7) is 6.26. The van der Waals surface area contributed by atoms with Crippen LogP contribution in [-0.2, 0) is 10.3 Å². The van der Waals surface area contributed by atoms with E-state index in [4.69, 9.17) is 4.74 Å². The van der Waals surface area contributed by atoms with E-state index in [0.29, 0.717) is 5.92 Å². The van der Waals surface area contributed by atoms with E-state index in [1.807, 2.05) is 7.05 Å². The first-order valence-corrected chi connectivity index (χ1v) is 7.55. The molecule has 1 aromatic rings. The van der Waals surface area contributed by atoms with E-state index >= 15 is 0 Å². The minimum atomic E-state index is -0.0690. The van der Waals surface area contributed by atoms with E-state index in [2.05, 4.69) is 43.4 Å². The van der Waals surface area contributed by atoms with Crippen molar-refractivity contribution in [3.63, 3.8) is 0 Å². The van der Waals surface area contributed by atoms with Crippen molar-refractivity contribution in [1.29, 1.82) is 0 Å². The first-order chi connectivity index (χ1) is 9.20. The van der Waals surface area contributed by atoms with Crippen LogP contribution in [0.2, 0.25) is 0 Å². The predicted molar refractivity (Wildman–Crippen MR) is 80.4 cm³/mol. The van der Waals surface area contributed by atoms with Gasteiger partial charge in [0.05, 0.1) is 12.2 Å². The van der Waals surface area contributed by atoms with Crippen molar-refractivity contribution in [3.05, 3.63) is 35.4 Å². The van der Waals surface area contributed by atoms with Crippen LogP contribution in [0.1, 0.15) is 43.7 Å². The van der Waals surface area contributed by atoms with Gasteiger partial charge in [-0.3, -0.25) is 0 Å². The molecular weight excluding hydrogens is 234 g/mol. The lowest BCUT2D eigenvalue weighted by Gasteiger charge is -2.44. The highest BCUT2D eigenvalue weighted by Gasteiger charge is 2.41. The second-order valence-corrected chi connectivity index (χ2v) is 5.80. The predicted octanol–water partition coefficient (Wildman–Crippen LogP) is 3.64. The van der Waals surface area contributed by atoms with Gasteiger partial charge >= 0.3 is 0 Å². The average Bonchev–Trinajstić information content (AvgIpc) is 2.42. The second-order valence-electron chi connectivity index (χ2n) is 5.80. The lowest BCUT2D eigenvalue weighted by atomic mass is 9.71. The normalized spacial score (nSPS) is 27.4. The average molecular weight is 261 g/mol. The number of nitrogens with one attached hydrogen (secondary N) is 1. The van der Waals surface area contributed by atoms with Gasteiger partial charge in [-0.25, -0.2) is 0 Å². The molecule has 1 aromatic carbocycles. The van der Waals surface area contributed by atoms with Crippen molar-refractivity contribution < 1.29 is 4.74 Å². The molecule has 1 aliphatic carbocycles. The van der Waals surface area contributed by atoms with Gasteiger partial charge in [0.2, 0.25) is 0 Å². The van der Waals surface area contributed by atoms with E-state index < -0.39 is 0 Å². The fourth-order valence-electron chi connectivity index (χ4n) is 3.39. The SMILES string of the molecule is CNCCO[C@]1(c2ccccc2C)CCCC[C@H]1C. The lowest BCUT2D eigenvalue weighted by molar-refractivity contribution is -0.109. The highest BCUT2D eigenvalue weighted by atomic mass is 16.5. The Balaban J connectivity index is 2.30. The molecule has 0 spiro atoms. The molecule has 1 saturated carbocycles. The number of rotatable bonds is 5. The molecule has 0 heterocycles. The molecule has 0 radical (unpaired) electrons. The number of aryl methyl sites for hydroxylation is 1. The third-order valence-corrected chi connectivity index (χ3v) is 4.54. The largest absolute Gasteiger partial charge is 0.369 e. The van der Waals surface area contributed by atoms with Crippen LogP contribution < -0.4 is 5.32 Å². The van der Waals surface area contributed by atoms with Crippen molar-refractivity contribution >= 4 is 0 Å². The van der Waals surface area contributed by atoms with Crippen LogP contribution in [0.25, 0.3) is 0 Å². The maximum atomic E-state index is 6.43. The molecule has 106 valence electrons. The Kier molecular flexibility index (Phi) is 5.00. The molecule has 2 heteroatoms. The summed E-state index contributed by atoms with van der Waals surface area (Å²) < 4.78 is 6.43. The fraction of sp³-hybridized carbons (Fsp3) is 0.647. The van der Waals surface area contributed by atoms with Crippen molar-refractivity contribution in [2.45, 2.75) is 45.1 Å². The molecule has 1 aliphatic rings. The monoisotopic (exact) mass is 261 g/mol. The Labute approximate surface area is 117 Å². The summed E-state index contributed by atoms with van der Waals surface area (Å²) in [5.74, 6) is 0.596. The molecule has 0 saturated heterocycles. The van der Waals surface area contributed by atoms with Gasteiger partial charge in [-0.2, -0.15) is 0 Å². The Morgan fingerprint density at radius 3 is 2.79 bits per heavy atom. The highest BCUT2D eigenvalue weighted by molar-refractivity contribution is 5.32. The van der Waals surface area contributed by atoms with E-state index in [1.165, 1.54) is 30.4 Å². The molecule has 19 heavy (non-hydrogen) atoms. The molecule has 0 bridgehead atoms. The maximum absolute atomic E-state index is 6.43. The summed E-state index contributed by atoms with van der Waals surface area (Å²) in [7, 11) is 1.98. The molecule has 2 atom stereocenters. The zero-order valence-corrected chi connectivity index (χ0v) is 12.5. The van der Waals surface area contributed by atoms with Crippen LogP contribution in [0, 0.1) is 12.8 Å². The molecule has 0 aliphatic heterocycles. The fourth-order valence-corrected chi connectivity index (χ4v) is 3.39. The number of hydrogen-bond donors (Lipinski definition) is 1. The second kappa shape index (κ2) is 6.53. The summed E-state index contributed by atoms with van der Waals surface area (Å²) in [6, 6.07) is 8.73. The molecule has 0 amide bonds. The topological polar surface area (TPSA) is 21.3 Å². The summed E-state index contributed by atoms with van der Waals surface area (Å²) in [6.07, 6.45) is 5.04. The maximum Gasteiger partial charge on any atom is 0.0959 e. The van der Waals surface area contributed by atoms with Gasteiger partial charge in [0.15, 0.2) is 0 Å². The van der Waals surface area contributed by atoms with Gasteiger partial charge in [0.25, 0.3) is 0 Å². The van der Waals surface area contributed by atoms with E-state index in [-0.39, 0.29) is 5.60 Å². The van der Waals surface area contributed by atoms with Crippen molar-refractivity contribution in [2.75, 3.05) is 20.2 Å². The van der Waals surface area contributed by atoms with Crippen LogP contribution in [0.15, 0.2) is 24.3 Å². The van der Waals surface area contributed by atoms with Crippen LogP contribution in [0.4, 0.5) is 0 Å². The van der Waals surface area contributed by atoms with Crippen LogP contribution in [0.3, 0.4) is 0 Å². The van der Waals surface area contributed by atoms with Crippen molar-refractivity contribution in [3.8, 4) is 0 Å². The number of hydrogen-bond acceptors (Lipinski definition) is 2. The van der Waals surface area contributed by atoms with Gasteiger partial charge in [0, 0.05) is 6.54 Å². The minimum Gasteiger partial charge on any atom is -0.369 e. The van der Waals surface area contributed by atoms with Crippen LogP contribution >= 0.6 is 0 Å². The zero-order valence-electron chi connectivity index (χ0n) is 12.5. The first kappa shape index (κ1) is 14.5. The van der Waals surface area contributed by atoms with Crippen molar-refractivity contribution in [1.82, 2.24) is 5.32 Å². The van der Waals surface area contributed by atoms with E-state index in [9.17, 15) is 0 Å². The van der Waals surface area contributed by atoms with Gasteiger partial charge in [-0.05, 0) is 43.9 Å². The molecule has 2 nitrogen and oxygen atoms in total. The lowest BCUT2D eigenvalue weighted by Crippen LogP contribution is -2.41. The Morgan fingerprint density at radius 1 is 1.32 bits per heavy atom. The molecule has 2 rings (SSSR count). The summed E-state index contributed by atoms with van der Waals surface area (Å²) >= 11 is 0. The van der Waals surface area contributed by atoms with E-state index in [1.54, 1.807) is 0 Å².